The van der Waals surface area contributed by atoms with Gasteiger partial charge in [0, 0.05) is 8.95 Å². The quantitative estimate of drug-likeness (QED) is 0.771. The van der Waals surface area contributed by atoms with E-state index in [1.54, 1.807) is 12.1 Å². The van der Waals surface area contributed by atoms with Gasteiger partial charge in [-0.05, 0) is 36.4 Å². The molecule has 4 heteroatoms. The average Bonchev–Trinajstić information content (AvgIpc) is 2.29. The Morgan fingerprint density at radius 1 is 1.00 bits per heavy atom. The lowest BCUT2D eigenvalue weighted by molar-refractivity contribution is 0.480. The molecule has 84 valence electrons. The van der Waals surface area contributed by atoms with E-state index in [1.165, 1.54) is 0 Å². The van der Waals surface area contributed by atoms with Crippen LogP contribution in [0.25, 0.3) is 0 Å². The number of hydrogen-bond acceptors (Lipinski definition) is 2. The molecule has 2 nitrogen and oxygen atoms in total. The van der Waals surface area contributed by atoms with Crippen LogP contribution in [0, 0.1) is 11.3 Å². The Bertz CT molecular complexity index is 590. The smallest absolute Gasteiger partial charge is 0.146 e. The lowest BCUT2D eigenvalue weighted by Crippen LogP contribution is -1.88. The molecule has 0 saturated carbocycles. The predicted octanol–water partition coefficient (Wildman–Crippen LogP) is 4.88. The lowest BCUT2D eigenvalue weighted by Gasteiger charge is -2.07. The molecule has 0 amide bonds. The van der Waals surface area contributed by atoms with E-state index < -0.39 is 0 Å². The molecule has 2 aromatic rings. The van der Waals surface area contributed by atoms with Crippen molar-refractivity contribution in [2.45, 2.75) is 0 Å². The molecule has 17 heavy (non-hydrogen) atoms. The first-order chi connectivity index (χ1) is 8.19. The molecule has 0 radical (unpaired) electrons. The first-order valence-corrected chi connectivity index (χ1v) is 6.41. The van der Waals surface area contributed by atoms with Gasteiger partial charge in [0.05, 0.1) is 5.56 Å². The maximum atomic E-state index is 8.99. The number of hydrogen-bond donors (Lipinski definition) is 0. The third-order valence-corrected chi connectivity index (χ3v) is 3.07. The highest BCUT2D eigenvalue weighted by Crippen LogP contribution is 2.29. The highest BCUT2D eigenvalue weighted by Gasteiger charge is 2.05. The third kappa shape index (κ3) is 3.09. The second-order valence-electron chi connectivity index (χ2n) is 3.31. The van der Waals surface area contributed by atoms with E-state index in [0.717, 1.165) is 8.95 Å². The van der Waals surface area contributed by atoms with Crippen LogP contribution in [0.5, 0.6) is 11.5 Å². The van der Waals surface area contributed by atoms with Gasteiger partial charge in [0.1, 0.15) is 17.6 Å². The largest absolute Gasteiger partial charge is 0.456 e. The van der Waals surface area contributed by atoms with Gasteiger partial charge in [0.2, 0.25) is 0 Å². The molecule has 0 aliphatic rings. The first kappa shape index (κ1) is 12.2. The summed E-state index contributed by atoms with van der Waals surface area (Å²) in [5.74, 6) is 1.23. The second kappa shape index (κ2) is 5.35. The highest BCUT2D eigenvalue weighted by atomic mass is 79.9. The van der Waals surface area contributed by atoms with Crippen LogP contribution in [0.4, 0.5) is 0 Å². The van der Waals surface area contributed by atoms with Crippen LogP contribution < -0.4 is 4.74 Å². The summed E-state index contributed by atoms with van der Waals surface area (Å²) in [6.45, 7) is 0. The van der Waals surface area contributed by atoms with E-state index in [1.807, 2.05) is 30.3 Å². The molecule has 0 spiro atoms. The zero-order valence-electron chi connectivity index (χ0n) is 8.65. The van der Waals surface area contributed by atoms with E-state index in [-0.39, 0.29) is 0 Å². The molecule has 0 saturated heterocycles. The number of nitrogens with zero attached hydrogens (tertiary/aromatic N) is 1. The molecule has 0 unspecified atom stereocenters. The minimum Gasteiger partial charge on any atom is -0.456 e. The molecule has 0 N–H and O–H groups in total. The van der Waals surface area contributed by atoms with Crippen molar-refractivity contribution in [3.8, 4) is 17.6 Å². The molecule has 0 aliphatic carbocycles. The topological polar surface area (TPSA) is 33.0 Å². The van der Waals surface area contributed by atoms with Crippen LogP contribution in [0.15, 0.2) is 51.4 Å². The minimum absolute atomic E-state index is 0.508. The van der Waals surface area contributed by atoms with E-state index >= 15 is 0 Å². The number of benzene rings is 2. The van der Waals surface area contributed by atoms with Crippen molar-refractivity contribution in [2.24, 2.45) is 0 Å². The highest BCUT2D eigenvalue weighted by molar-refractivity contribution is 9.10. The Labute approximate surface area is 116 Å². The third-order valence-electron chi connectivity index (χ3n) is 2.09. The van der Waals surface area contributed by atoms with Crippen LogP contribution in [0.2, 0.25) is 0 Å². The van der Waals surface area contributed by atoms with Crippen LogP contribution in [-0.4, -0.2) is 0 Å². The van der Waals surface area contributed by atoms with E-state index in [0.29, 0.717) is 17.1 Å². The normalized spacial score (nSPS) is 9.71. The molecule has 0 atom stereocenters. The summed E-state index contributed by atoms with van der Waals surface area (Å²) in [7, 11) is 0. The van der Waals surface area contributed by atoms with Crippen molar-refractivity contribution in [2.75, 3.05) is 0 Å². The Hall–Kier alpha value is -1.31. The molecular weight excluding hydrogens is 346 g/mol. The average molecular weight is 353 g/mol. The molecule has 0 bridgehead atoms. The molecule has 0 fully saturated rings. The minimum atomic E-state index is 0.508. The van der Waals surface area contributed by atoms with Gasteiger partial charge in [-0.15, -0.1) is 0 Å². The summed E-state index contributed by atoms with van der Waals surface area (Å²) < 4.78 is 7.49. The summed E-state index contributed by atoms with van der Waals surface area (Å²) in [5.41, 5.74) is 0.508. The van der Waals surface area contributed by atoms with Gasteiger partial charge in [-0.1, -0.05) is 37.9 Å². The second-order valence-corrected chi connectivity index (χ2v) is 5.14. The van der Waals surface area contributed by atoms with Gasteiger partial charge >= 0.3 is 0 Å². The summed E-state index contributed by atoms with van der Waals surface area (Å²) in [4.78, 5) is 0. The molecule has 0 aromatic heterocycles. The van der Waals surface area contributed by atoms with Crippen LogP contribution in [0.1, 0.15) is 5.56 Å². The van der Waals surface area contributed by atoms with Crippen LogP contribution >= 0.6 is 31.9 Å². The van der Waals surface area contributed by atoms with Crippen LogP contribution in [-0.2, 0) is 0 Å². The molecule has 2 rings (SSSR count). The zero-order valence-corrected chi connectivity index (χ0v) is 11.8. The van der Waals surface area contributed by atoms with Gasteiger partial charge in [0.25, 0.3) is 0 Å². The van der Waals surface area contributed by atoms with Crippen molar-refractivity contribution in [1.29, 1.82) is 5.26 Å². The maximum absolute atomic E-state index is 8.99. The lowest BCUT2D eigenvalue weighted by atomic mass is 10.2. The van der Waals surface area contributed by atoms with Crippen molar-refractivity contribution >= 4 is 31.9 Å². The summed E-state index contributed by atoms with van der Waals surface area (Å²) >= 11 is 6.73. The van der Waals surface area contributed by atoms with Gasteiger partial charge in [-0.25, -0.2) is 0 Å². The number of rotatable bonds is 2. The Morgan fingerprint density at radius 3 is 2.47 bits per heavy atom. The fourth-order valence-electron chi connectivity index (χ4n) is 1.33. The fourth-order valence-corrected chi connectivity index (χ4v) is 2.05. The van der Waals surface area contributed by atoms with E-state index in [9.17, 15) is 0 Å². The number of ether oxygens (including phenoxy) is 1. The first-order valence-electron chi connectivity index (χ1n) is 4.82. The summed E-state index contributed by atoms with van der Waals surface area (Å²) in [6.07, 6.45) is 0. The Balaban J connectivity index is 2.36. The fraction of sp³-hybridized carbons (Fsp3) is 0. The van der Waals surface area contributed by atoms with Gasteiger partial charge in [-0.2, -0.15) is 5.26 Å². The van der Waals surface area contributed by atoms with E-state index in [4.69, 9.17) is 10.00 Å². The van der Waals surface area contributed by atoms with Crippen molar-refractivity contribution < 1.29 is 4.74 Å². The van der Waals surface area contributed by atoms with Crippen molar-refractivity contribution in [3.63, 3.8) is 0 Å². The van der Waals surface area contributed by atoms with Crippen molar-refractivity contribution in [1.82, 2.24) is 0 Å². The van der Waals surface area contributed by atoms with E-state index in [2.05, 4.69) is 37.9 Å². The van der Waals surface area contributed by atoms with Gasteiger partial charge < -0.3 is 4.74 Å². The summed E-state index contributed by atoms with van der Waals surface area (Å²) in [5, 5.41) is 8.99. The van der Waals surface area contributed by atoms with Gasteiger partial charge in [0.15, 0.2) is 0 Å². The predicted molar refractivity (Wildman–Crippen MR) is 73.1 cm³/mol. The maximum Gasteiger partial charge on any atom is 0.146 e. The summed E-state index contributed by atoms with van der Waals surface area (Å²) in [6, 6.07) is 14.9. The Morgan fingerprint density at radius 2 is 1.76 bits per heavy atom. The molecule has 0 heterocycles. The monoisotopic (exact) mass is 351 g/mol. The number of nitriles is 1. The number of halogens is 2. The molecule has 0 aliphatic heterocycles. The standard InChI is InChI=1S/C13H7Br2NO/c14-10-2-1-3-12(6-10)17-13-7-11(15)5-4-9(13)8-16/h1-7H. The zero-order chi connectivity index (χ0) is 12.3. The van der Waals surface area contributed by atoms with Gasteiger partial charge in [-0.3, -0.25) is 0 Å². The van der Waals surface area contributed by atoms with Crippen molar-refractivity contribution in [3.05, 3.63) is 57.0 Å². The molecular formula is C13H7Br2NO. The van der Waals surface area contributed by atoms with Crippen LogP contribution in [0.3, 0.4) is 0 Å². The SMILES string of the molecule is N#Cc1ccc(Br)cc1Oc1cccc(Br)c1. The Kier molecular flexibility index (Phi) is 3.82. The molecule has 2 aromatic carbocycles.